The van der Waals surface area contributed by atoms with Gasteiger partial charge in [0.2, 0.25) is 5.91 Å². The molecule has 0 saturated carbocycles. The molecule has 2 N–H and O–H groups in total. The number of hydrogen-bond acceptors (Lipinski definition) is 2. The van der Waals surface area contributed by atoms with Gasteiger partial charge in [-0.05, 0) is 24.1 Å². The Bertz CT molecular complexity index is 413. The predicted molar refractivity (Wildman–Crippen MR) is 73.5 cm³/mol. The van der Waals surface area contributed by atoms with E-state index >= 15 is 0 Å². The van der Waals surface area contributed by atoms with Crippen molar-refractivity contribution in [2.24, 2.45) is 5.41 Å². The smallest absolute Gasteiger partial charge is 0.225 e. The average molecular weight is 270 g/mol. The lowest BCUT2D eigenvalue weighted by atomic mass is 9.95. The number of hydrogen-bond donors (Lipinski definition) is 2. The number of halogens is 1. The Morgan fingerprint density at radius 3 is 2.67 bits per heavy atom. The van der Waals surface area contributed by atoms with E-state index in [2.05, 4.69) is 5.32 Å². The summed E-state index contributed by atoms with van der Waals surface area (Å²) in [6.07, 6.45) is -0.133. The molecule has 1 amide bonds. The minimum Gasteiger partial charge on any atom is -0.388 e. The van der Waals surface area contributed by atoms with Gasteiger partial charge in [-0.25, -0.2) is 0 Å². The lowest BCUT2D eigenvalue weighted by Gasteiger charge is -2.18. The van der Waals surface area contributed by atoms with E-state index in [1.807, 2.05) is 26.8 Å². The lowest BCUT2D eigenvalue weighted by molar-refractivity contribution is -0.128. The third kappa shape index (κ3) is 4.67. The molecular formula is C14H20ClNO2. The van der Waals surface area contributed by atoms with Gasteiger partial charge in [0.15, 0.2) is 0 Å². The number of nitrogens with one attached hydrogen (secondary N) is 1. The van der Waals surface area contributed by atoms with E-state index in [9.17, 15) is 9.90 Å². The highest BCUT2D eigenvalue weighted by Gasteiger charge is 2.20. The Kier molecular flexibility index (Phi) is 5.17. The van der Waals surface area contributed by atoms with Gasteiger partial charge in [0, 0.05) is 17.0 Å². The summed E-state index contributed by atoms with van der Waals surface area (Å²) >= 11 is 5.85. The first-order valence-electron chi connectivity index (χ1n) is 6.02. The van der Waals surface area contributed by atoms with Gasteiger partial charge in [0.1, 0.15) is 0 Å². The molecule has 18 heavy (non-hydrogen) atoms. The van der Waals surface area contributed by atoms with Crippen LogP contribution in [0.2, 0.25) is 5.02 Å². The molecule has 0 fully saturated rings. The summed E-state index contributed by atoms with van der Waals surface area (Å²) in [5, 5.41) is 13.4. The summed E-state index contributed by atoms with van der Waals surface area (Å²) in [6.45, 7) is 6.02. The molecule has 1 aromatic carbocycles. The van der Waals surface area contributed by atoms with Crippen molar-refractivity contribution < 1.29 is 9.90 Å². The van der Waals surface area contributed by atoms with Gasteiger partial charge < -0.3 is 10.4 Å². The highest BCUT2D eigenvalue weighted by Crippen LogP contribution is 2.20. The Hall–Kier alpha value is -1.06. The average Bonchev–Trinajstić information content (AvgIpc) is 2.27. The van der Waals surface area contributed by atoms with Crippen molar-refractivity contribution in [3.8, 4) is 0 Å². The van der Waals surface area contributed by atoms with Gasteiger partial charge in [0.25, 0.3) is 0 Å². The Morgan fingerprint density at radius 2 is 2.11 bits per heavy atom. The summed E-state index contributed by atoms with van der Waals surface area (Å²) in [4.78, 5) is 11.6. The van der Waals surface area contributed by atoms with E-state index in [1.54, 1.807) is 18.2 Å². The van der Waals surface area contributed by atoms with Crippen LogP contribution in [0.1, 0.15) is 38.9 Å². The van der Waals surface area contributed by atoms with Gasteiger partial charge in [-0.3, -0.25) is 4.79 Å². The maximum atomic E-state index is 11.6. The molecule has 0 aromatic heterocycles. The highest BCUT2D eigenvalue weighted by molar-refractivity contribution is 6.30. The molecule has 0 aliphatic carbocycles. The Balaban J connectivity index is 2.43. The first-order valence-corrected chi connectivity index (χ1v) is 6.40. The molecule has 3 nitrogen and oxygen atoms in total. The molecule has 0 bridgehead atoms. The van der Waals surface area contributed by atoms with E-state index < -0.39 is 11.5 Å². The number of rotatable bonds is 4. The molecule has 0 aliphatic rings. The maximum Gasteiger partial charge on any atom is 0.225 e. The topological polar surface area (TPSA) is 49.3 Å². The van der Waals surface area contributed by atoms with Crippen LogP contribution in [0.5, 0.6) is 0 Å². The zero-order chi connectivity index (χ0) is 13.8. The standard InChI is InChI=1S/C14H20ClNO2/c1-14(2,3)13(18)16-8-7-12(17)10-5-4-6-11(15)9-10/h4-6,9,12,17H,7-8H2,1-3H3,(H,16,18)/t12-/m1/s1. The molecule has 0 unspecified atom stereocenters. The molecule has 0 radical (unpaired) electrons. The van der Waals surface area contributed by atoms with Gasteiger partial charge in [-0.2, -0.15) is 0 Å². The van der Waals surface area contributed by atoms with Gasteiger partial charge in [-0.15, -0.1) is 0 Å². The number of aliphatic hydroxyl groups is 1. The predicted octanol–water partition coefficient (Wildman–Crippen LogP) is 2.93. The van der Waals surface area contributed by atoms with Crippen LogP contribution in [-0.4, -0.2) is 17.6 Å². The van der Waals surface area contributed by atoms with Crippen molar-refractivity contribution in [1.82, 2.24) is 5.32 Å². The normalized spacial score (nSPS) is 13.2. The van der Waals surface area contributed by atoms with Crippen molar-refractivity contribution in [3.05, 3.63) is 34.9 Å². The number of carbonyl (C=O) groups excluding carboxylic acids is 1. The molecule has 1 rings (SSSR count). The second-order valence-electron chi connectivity index (χ2n) is 5.37. The summed E-state index contributed by atoms with van der Waals surface area (Å²) in [5.41, 5.74) is 0.369. The van der Waals surface area contributed by atoms with Crippen LogP contribution in [0, 0.1) is 5.41 Å². The minimum atomic E-state index is -0.607. The van der Waals surface area contributed by atoms with Crippen molar-refractivity contribution in [1.29, 1.82) is 0 Å². The van der Waals surface area contributed by atoms with Crippen LogP contribution in [0.4, 0.5) is 0 Å². The molecule has 1 atom stereocenters. The first-order chi connectivity index (χ1) is 8.30. The molecular weight excluding hydrogens is 250 g/mol. The number of amides is 1. The number of aliphatic hydroxyl groups excluding tert-OH is 1. The Labute approximate surface area is 113 Å². The fourth-order valence-electron chi connectivity index (χ4n) is 1.47. The zero-order valence-corrected chi connectivity index (χ0v) is 11.8. The fraction of sp³-hybridized carbons (Fsp3) is 0.500. The van der Waals surface area contributed by atoms with Gasteiger partial charge in [0.05, 0.1) is 6.10 Å². The molecule has 0 spiro atoms. The van der Waals surface area contributed by atoms with E-state index in [4.69, 9.17) is 11.6 Å². The maximum absolute atomic E-state index is 11.6. The van der Waals surface area contributed by atoms with Crippen LogP contribution < -0.4 is 5.32 Å². The van der Waals surface area contributed by atoms with Crippen molar-refractivity contribution in [2.45, 2.75) is 33.3 Å². The van der Waals surface area contributed by atoms with E-state index in [1.165, 1.54) is 0 Å². The van der Waals surface area contributed by atoms with Gasteiger partial charge in [-0.1, -0.05) is 44.5 Å². The summed E-state index contributed by atoms with van der Waals surface area (Å²) in [5.74, 6) is -0.0132. The van der Waals surface area contributed by atoms with Crippen molar-refractivity contribution >= 4 is 17.5 Å². The van der Waals surface area contributed by atoms with Crippen molar-refractivity contribution in [3.63, 3.8) is 0 Å². The second kappa shape index (κ2) is 6.21. The van der Waals surface area contributed by atoms with E-state index in [0.29, 0.717) is 18.0 Å². The minimum absolute atomic E-state index is 0.0132. The molecule has 1 aromatic rings. The summed E-state index contributed by atoms with van der Waals surface area (Å²) < 4.78 is 0. The molecule has 100 valence electrons. The molecule has 0 heterocycles. The number of carbonyl (C=O) groups is 1. The lowest BCUT2D eigenvalue weighted by Crippen LogP contribution is -2.35. The van der Waals surface area contributed by atoms with E-state index in [-0.39, 0.29) is 5.91 Å². The fourth-order valence-corrected chi connectivity index (χ4v) is 1.67. The largest absolute Gasteiger partial charge is 0.388 e. The Morgan fingerprint density at radius 1 is 1.44 bits per heavy atom. The van der Waals surface area contributed by atoms with Crippen LogP contribution in [0.15, 0.2) is 24.3 Å². The molecule has 4 heteroatoms. The third-order valence-corrected chi connectivity index (χ3v) is 2.85. The highest BCUT2D eigenvalue weighted by atomic mass is 35.5. The van der Waals surface area contributed by atoms with Crippen LogP contribution in [0.25, 0.3) is 0 Å². The SMILES string of the molecule is CC(C)(C)C(=O)NCC[C@@H](O)c1cccc(Cl)c1. The van der Waals surface area contributed by atoms with Crippen LogP contribution >= 0.6 is 11.6 Å². The van der Waals surface area contributed by atoms with Crippen LogP contribution in [0.3, 0.4) is 0 Å². The van der Waals surface area contributed by atoms with Crippen molar-refractivity contribution in [2.75, 3.05) is 6.54 Å². The van der Waals surface area contributed by atoms with Gasteiger partial charge >= 0.3 is 0 Å². The number of benzene rings is 1. The monoisotopic (exact) mass is 269 g/mol. The van der Waals surface area contributed by atoms with E-state index in [0.717, 1.165) is 5.56 Å². The molecule has 0 aliphatic heterocycles. The summed E-state index contributed by atoms with van der Waals surface area (Å²) in [6, 6.07) is 7.12. The van der Waals surface area contributed by atoms with Crippen LogP contribution in [-0.2, 0) is 4.79 Å². The zero-order valence-electron chi connectivity index (χ0n) is 11.0. The first kappa shape index (κ1) is 15.0. The third-order valence-electron chi connectivity index (χ3n) is 2.62. The second-order valence-corrected chi connectivity index (χ2v) is 5.80. The quantitative estimate of drug-likeness (QED) is 0.883. The molecule has 0 saturated heterocycles. The summed E-state index contributed by atoms with van der Waals surface area (Å²) in [7, 11) is 0.